The van der Waals surface area contributed by atoms with E-state index in [1.54, 1.807) is 6.26 Å². The molecule has 1 heterocycles. The first-order chi connectivity index (χ1) is 7.66. The summed E-state index contributed by atoms with van der Waals surface area (Å²) in [6, 6.07) is 7.59. The molecule has 1 aromatic heterocycles. The summed E-state index contributed by atoms with van der Waals surface area (Å²) in [7, 11) is 0. The number of anilines is 1. The molecule has 2 N–H and O–H groups in total. The summed E-state index contributed by atoms with van der Waals surface area (Å²) >= 11 is 0. The van der Waals surface area contributed by atoms with Crippen LogP contribution in [0, 0.1) is 5.92 Å². The van der Waals surface area contributed by atoms with Gasteiger partial charge in [-0.1, -0.05) is 26.0 Å². The van der Waals surface area contributed by atoms with E-state index in [0.29, 0.717) is 17.5 Å². The summed E-state index contributed by atoms with van der Waals surface area (Å²) < 4.78 is 5.44. The van der Waals surface area contributed by atoms with Gasteiger partial charge in [-0.25, -0.2) is 4.98 Å². The van der Waals surface area contributed by atoms with Crippen molar-refractivity contribution in [3.05, 3.63) is 36.2 Å². The minimum atomic E-state index is 0.575. The van der Waals surface area contributed by atoms with E-state index in [1.807, 2.05) is 24.3 Å². The molecule has 16 heavy (non-hydrogen) atoms. The van der Waals surface area contributed by atoms with Crippen molar-refractivity contribution >= 4 is 5.69 Å². The Balaban J connectivity index is 2.28. The molecule has 0 aliphatic carbocycles. The summed E-state index contributed by atoms with van der Waals surface area (Å²) in [5.41, 5.74) is 8.40. The Bertz CT molecular complexity index is 474. The van der Waals surface area contributed by atoms with Gasteiger partial charge in [0.15, 0.2) is 0 Å². The minimum Gasteiger partial charge on any atom is -0.444 e. The average molecular weight is 216 g/mol. The van der Waals surface area contributed by atoms with E-state index in [-0.39, 0.29) is 0 Å². The zero-order valence-corrected chi connectivity index (χ0v) is 9.60. The van der Waals surface area contributed by atoms with Crippen LogP contribution in [0.5, 0.6) is 0 Å². The molecule has 2 aromatic rings. The molecule has 84 valence electrons. The lowest BCUT2D eigenvalue weighted by Gasteiger charge is -2.00. The van der Waals surface area contributed by atoms with Crippen LogP contribution in [0.25, 0.3) is 11.5 Å². The fourth-order valence-electron chi connectivity index (χ4n) is 1.63. The Hall–Kier alpha value is -1.77. The molecule has 1 aromatic carbocycles. The Morgan fingerprint density at radius 3 is 2.75 bits per heavy atom. The fourth-order valence-corrected chi connectivity index (χ4v) is 1.63. The number of benzene rings is 1. The fraction of sp³-hybridized carbons (Fsp3) is 0.308. The molecule has 2 rings (SSSR count). The van der Waals surface area contributed by atoms with Crippen LogP contribution in [-0.2, 0) is 6.42 Å². The molecule has 0 saturated heterocycles. The molecule has 0 aliphatic heterocycles. The van der Waals surface area contributed by atoms with Crippen molar-refractivity contribution in [2.45, 2.75) is 20.3 Å². The Labute approximate surface area is 95.3 Å². The van der Waals surface area contributed by atoms with Gasteiger partial charge in [-0.2, -0.15) is 0 Å². The van der Waals surface area contributed by atoms with Crippen LogP contribution in [0.4, 0.5) is 5.69 Å². The third-order valence-corrected chi connectivity index (χ3v) is 2.36. The zero-order chi connectivity index (χ0) is 11.5. The summed E-state index contributed by atoms with van der Waals surface area (Å²) in [5.74, 6) is 1.18. The lowest BCUT2D eigenvalue weighted by Crippen LogP contribution is -1.94. The zero-order valence-electron chi connectivity index (χ0n) is 9.60. The molecular formula is C13H16N2O. The van der Waals surface area contributed by atoms with Crippen molar-refractivity contribution in [1.82, 2.24) is 4.98 Å². The van der Waals surface area contributed by atoms with Crippen molar-refractivity contribution < 1.29 is 4.42 Å². The summed E-state index contributed by atoms with van der Waals surface area (Å²) in [5, 5.41) is 0. The van der Waals surface area contributed by atoms with Crippen molar-refractivity contribution in [2.75, 3.05) is 5.73 Å². The van der Waals surface area contributed by atoms with Gasteiger partial charge in [0, 0.05) is 5.69 Å². The maximum absolute atomic E-state index is 5.86. The van der Waals surface area contributed by atoms with Crippen LogP contribution in [0.15, 0.2) is 34.9 Å². The van der Waals surface area contributed by atoms with Gasteiger partial charge < -0.3 is 10.2 Å². The van der Waals surface area contributed by atoms with E-state index in [9.17, 15) is 0 Å². The van der Waals surface area contributed by atoms with Crippen LogP contribution >= 0.6 is 0 Å². The highest BCUT2D eigenvalue weighted by Crippen LogP contribution is 2.25. The Morgan fingerprint density at radius 1 is 1.31 bits per heavy atom. The number of rotatable bonds is 3. The maximum atomic E-state index is 5.86. The number of para-hydroxylation sites is 1. The smallest absolute Gasteiger partial charge is 0.228 e. The van der Waals surface area contributed by atoms with Crippen molar-refractivity contribution in [3.63, 3.8) is 0 Å². The monoisotopic (exact) mass is 216 g/mol. The molecule has 3 nitrogen and oxygen atoms in total. The third-order valence-electron chi connectivity index (χ3n) is 2.36. The first-order valence-electron chi connectivity index (χ1n) is 5.46. The van der Waals surface area contributed by atoms with Gasteiger partial charge in [-0.3, -0.25) is 0 Å². The van der Waals surface area contributed by atoms with Crippen molar-refractivity contribution in [1.29, 1.82) is 0 Å². The van der Waals surface area contributed by atoms with Gasteiger partial charge in [-0.05, 0) is 24.5 Å². The number of aromatic nitrogens is 1. The third kappa shape index (κ3) is 2.24. The number of nitrogen functional groups attached to an aromatic ring is 1. The molecule has 3 heteroatoms. The van der Waals surface area contributed by atoms with Gasteiger partial charge in [0.25, 0.3) is 0 Å². The molecule has 0 saturated carbocycles. The molecular weight excluding hydrogens is 200 g/mol. The number of oxazole rings is 1. The highest BCUT2D eigenvalue weighted by molar-refractivity contribution is 5.70. The van der Waals surface area contributed by atoms with Gasteiger partial charge in [0.05, 0.1) is 11.3 Å². The quantitative estimate of drug-likeness (QED) is 0.802. The number of hydrogen-bond acceptors (Lipinski definition) is 3. The molecule has 0 amide bonds. The molecule has 0 fully saturated rings. The molecule has 0 radical (unpaired) electrons. The molecule has 0 unspecified atom stereocenters. The van der Waals surface area contributed by atoms with Crippen LogP contribution in [0.2, 0.25) is 0 Å². The molecule has 0 atom stereocenters. The highest BCUT2D eigenvalue weighted by Gasteiger charge is 2.09. The van der Waals surface area contributed by atoms with E-state index in [0.717, 1.165) is 17.7 Å². The van der Waals surface area contributed by atoms with E-state index in [1.165, 1.54) is 0 Å². The summed E-state index contributed by atoms with van der Waals surface area (Å²) in [4.78, 5) is 4.43. The first-order valence-corrected chi connectivity index (χ1v) is 5.46. The van der Waals surface area contributed by atoms with Gasteiger partial charge in [-0.15, -0.1) is 0 Å². The topological polar surface area (TPSA) is 52.0 Å². The maximum Gasteiger partial charge on any atom is 0.228 e. The lowest BCUT2D eigenvalue weighted by molar-refractivity contribution is 0.568. The Kier molecular flexibility index (Phi) is 2.95. The second-order valence-corrected chi connectivity index (χ2v) is 4.33. The van der Waals surface area contributed by atoms with Gasteiger partial charge in [0.1, 0.15) is 6.26 Å². The molecule has 0 spiro atoms. The van der Waals surface area contributed by atoms with Crippen LogP contribution in [-0.4, -0.2) is 4.98 Å². The van der Waals surface area contributed by atoms with Crippen LogP contribution < -0.4 is 5.73 Å². The predicted octanol–water partition coefficient (Wildman–Crippen LogP) is 3.12. The predicted molar refractivity (Wildman–Crippen MR) is 64.9 cm³/mol. The van der Waals surface area contributed by atoms with Crippen molar-refractivity contribution in [2.24, 2.45) is 5.92 Å². The van der Waals surface area contributed by atoms with Crippen molar-refractivity contribution in [3.8, 4) is 11.5 Å². The number of nitrogens with zero attached hydrogens (tertiary/aromatic N) is 1. The molecule has 0 bridgehead atoms. The van der Waals surface area contributed by atoms with Crippen LogP contribution in [0.1, 0.15) is 19.5 Å². The summed E-state index contributed by atoms with van der Waals surface area (Å²) in [6.45, 7) is 4.32. The summed E-state index contributed by atoms with van der Waals surface area (Å²) in [6.07, 6.45) is 2.64. The lowest BCUT2D eigenvalue weighted by atomic mass is 10.1. The SMILES string of the molecule is CC(C)Cc1coc(-c2ccccc2N)n1. The second kappa shape index (κ2) is 4.39. The normalized spacial score (nSPS) is 10.9. The van der Waals surface area contributed by atoms with Gasteiger partial charge in [0.2, 0.25) is 5.89 Å². The van der Waals surface area contributed by atoms with E-state index in [4.69, 9.17) is 10.2 Å². The minimum absolute atomic E-state index is 0.575. The number of nitrogens with two attached hydrogens (primary N) is 1. The first kappa shape index (κ1) is 10.7. The number of hydrogen-bond donors (Lipinski definition) is 1. The molecule has 0 aliphatic rings. The largest absolute Gasteiger partial charge is 0.444 e. The second-order valence-electron chi connectivity index (χ2n) is 4.33. The van der Waals surface area contributed by atoms with E-state index >= 15 is 0 Å². The van der Waals surface area contributed by atoms with E-state index < -0.39 is 0 Å². The van der Waals surface area contributed by atoms with Crippen LogP contribution in [0.3, 0.4) is 0 Å². The Morgan fingerprint density at radius 2 is 2.06 bits per heavy atom. The average Bonchev–Trinajstić information content (AvgIpc) is 2.66. The van der Waals surface area contributed by atoms with Gasteiger partial charge >= 0.3 is 0 Å². The standard InChI is InChI=1S/C13H16N2O/c1-9(2)7-10-8-16-13(15-10)11-5-3-4-6-12(11)14/h3-6,8-9H,7,14H2,1-2H3. The highest BCUT2D eigenvalue weighted by atomic mass is 16.3. The van der Waals surface area contributed by atoms with E-state index in [2.05, 4.69) is 18.8 Å².